The van der Waals surface area contributed by atoms with Gasteiger partial charge in [-0.25, -0.2) is 9.71 Å². The van der Waals surface area contributed by atoms with Crippen LogP contribution in [0.5, 0.6) is 5.75 Å². The van der Waals surface area contributed by atoms with Crippen LogP contribution in [0, 0.1) is 24.2 Å². The van der Waals surface area contributed by atoms with Crippen LogP contribution in [0.2, 0.25) is 0 Å². The first-order chi connectivity index (χ1) is 23.0. The highest BCUT2D eigenvalue weighted by Gasteiger charge is 2.61. The number of amides is 2. The van der Waals surface area contributed by atoms with Gasteiger partial charge in [-0.3, -0.25) is 19.2 Å². The molecule has 3 aliphatic rings. The topological polar surface area (TPSA) is 152 Å². The van der Waals surface area contributed by atoms with Crippen LogP contribution in [0.15, 0.2) is 30.4 Å². The highest BCUT2D eigenvalue weighted by Crippen LogP contribution is 2.57. The van der Waals surface area contributed by atoms with E-state index in [1.165, 1.54) is 19.0 Å². The van der Waals surface area contributed by atoms with Gasteiger partial charge < -0.3 is 14.4 Å². The molecular formula is C35H48N4O8S2. The first kappa shape index (κ1) is 36.9. The fraction of sp³-hybridized carbons (Fsp3) is 0.629. The maximum Gasteiger partial charge on any atom is 0.307 e. The van der Waals surface area contributed by atoms with Crippen LogP contribution in [0.1, 0.15) is 83.6 Å². The van der Waals surface area contributed by atoms with E-state index in [2.05, 4.69) is 9.71 Å². The lowest BCUT2D eigenvalue weighted by Gasteiger charge is -2.29. The van der Waals surface area contributed by atoms with Gasteiger partial charge in [-0.05, 0) is 71.4 Å². The number of aryl methyl sites for hydroxylation is 1. The summed E-state index contributed by atoms with van der Waals surface area (Å²) in [4.78, 5) is 61.4. The number of esters is 1. The summed E-state index contributed by atoms with van der Waals surface area (Å²) < 4.78 is 41.3. The first-order valence-corrected chi connectivity index (χ1v) is 19.2. The van der Waals surface area contributed by atoms with Crippen LogP contribution >= 0.6 is 11.3 Å². The normalized spacial score (nSPS) is 27.5. The number of nitrogens with zero attached hydrogens (tertiary/aromatic N) is 3. The molecule has 12 nitrogen and oxygen atoms in total. The minimum atomic E-state index is -4.09. The van der Waals surface area contributed by atoms with Gasteiger partial charge in [0.1, 0.15) is 17.5 Å². The molecular weight excluding hydrogens is 669 g/mol. The van der Waals surface area contributed by atoms with Crippen LogP contribution in [0.25, 0.3) is 10.2 Å². The van der Waals surface area contributed by atoms with E-state index in [-0.39, 0.29) is 43.4 Å². The van der Waals surface area contributed by atoms with Crippen molar-refractivity contribution in [2.75, 3.05) is 20.6 Å². The number of carbonyl (C=O) groups is 4. The summed E-state index contributed by atoms with van der Waals surface area (Å²) in [7, 11) is -1.45. The molecule has 1 saturated carbocycles. The molecule has 5 atom stereocenters. The molecule has 5 rings (SSSR count). The van der Waals surface area contributed by atoms with E-state index in [4.69, 9.17) is 9.47 Å². The number of aromatic nitrogens is 1. The summed E-state index contributed by atoms with van der Waals surface area (Å²) in [5, 5.41) is 0.927. The molecule has 0 unspecified atom stereocenters. The molecule has 3 heterocycles. The average Bonchev–Trinajstić information content (AvgIpc) is 3.31. The van der Waals surface area contributed by atoms with Crippen molar-refractivity contribution in [3.05, 3.63) is 35.4 Å². The molecule has 2 amide bonds. The van der Waals surface area contributed by atoms with Gasteiger partial charge in [-0.15, -0.1) is 11.3 Å². The van der Waals surface area contributed by atoms with Crippen LogP contribution in [0.3, 0.4) is 0 Å². The van der Waals surface area contributed by atoms with Crippen molar-refractivity contribution >= 4 is 55.3 Å². The lowest BCUT2D eigenvalue weighted by molar-refractivity contribution is -0.159. The highest BCUT2D eigenvalue weighted by molar-refractivity contribution is 7.87. The number of Topliss-reactive ketones (excluding diaryl/α,β-unsaturated/α-hetero) is 1. The number of benzene rings is 1. The number of carbonyl (C=O) groups excluding carboxylic acids is 4. The Balaban J connectivity index is 1.45. The molecule has 1 aromatic carbocycles. The standard InChI is InChI=1S/C35H48N4O8S2/c1-22-36-27-17-25(14-15-30(27)48-22)46-26-18-28-29(40)20-35(33(43)37-49(44,45)38(5)6)19-24(35)13-11-9-7-8-10-12-23(32(42)39(28)21-26)16-31(41)47-34(2,3)4/h11,13-15,17,23-24,26,28H,7-10,12,16,18-21H2,1-6H3,(H,37,43)/b13-11-/t23-,24-,26-,28+,35-/m1/s1. The van der Waals surface area contributed by atoms with Crippen LogP contribution in [-0.2, 0) is 34.1 Å². The smallest absolute Gasteiger partial charge is 0.307 e. The molecule has 14 heteroatoms. The van der Waals surface area contributed by atoms with Crippen molar-refractivity contribution in [3.8, 4) is 5.75 Å². The predicted octanol–water partition coefficient (Wildman–Crippen LogP) is 4.71. The number of ketones is 1. The number of allylic oxidation sites excluding steroid dienone is 2. The second-order valence-electron chi connectivity index (χ2n) is 14.7. The van der Waals surface area contributed by atoms with Crippen molar-refractivity contribution in [1.29, 1.82) is 0 Å². The number of nitrogens with one attached hydrogen (secondary N) is 1. The summed E-state index contributed by atoms with van der Waals surface area (Å²) in [6, 6.07) is 4.70. The molecule has 268 valence electrons. The molecule has 0 spiro atoms. The highest BCUT2D eigenvalue weighted by atomic mass is 32.2. The van der Waals surface area contributed by atoms with E-state index in [9.17, 15) is 27.6 Å². The number of fused-ring (bicyclic) bond motifs is 3. The quantitative estimate of drug-likeness (QED) is 0.317. The van der Waals surface area contributed by atoms with E-state index >= 15 is 0 Å². The zero-order chi connectivity index (χ0) is 35.7. The molecule has 1 saturated heterocycles. The lowest BCUT2D eigenvalue weighted by Crippen LogP contribution is -2.47. The van der Waals surface area contributed by atoms with Gasteiger partial charge in [-0.1, -0.05) is 25.0 Å². The van der Waals surface area contributed by atoms with E-state index in [0.717, 1.165) is 38.8 Å². The minimum absolute atomic E-state index is 0.115. The van der Waals surface area contributed by atoms with Crippen LogP contribution in [0.4, 0.5) is 0 Å². The van der Waals surface area contributed by atoms with E-state index < -0.39 is 51.2 Å². The zero-order valence-corrected chi connectivity index (χ0v) is 30.8. The zero-order valence-electron chi connectivity index (χ0n) is 29.2. The number of thiazole rings is 1. The van der Waals surface area contributed by atoms with Crippen molar-refractivity contribution < 1.29 is 37.1 Å². The predicted molar refractivity (Wildman–Crippen MR) is 186 cm³/mol. The molecule has 2 aliphatic heterocycles. The van der Waals surface area contributed by atoms with Gasteiger partial charge in [0, 0.05) is 38.9 Å². The number of rotatable bonds is 7. The molecule has 1 aliphatic carbocycles. The van der Waals surface area contributed by atoms with Gasteiger partial charge in [0.15, 0.2) is 5.78 Å². The Bertz CT molecular complexity index is 1730. The average molecular weight is 717 g/mol. The van der Waals surface area contributed by atoms with Gasteiger partial charge >= 0.3 is 16.2 Å². The Kier molecular flexibility index (Phi) is 10.9. The minimum Gasteiger partial charge on any atom is -0.488 e. The van der Waals surface area contributed by atoms with Crippen molar-refractivity contribution in [2.24, 2.45) is 17.3 Å². The Morgan fingerprint density at radius 1 is 1.16 bits per heavy atom. The van der Waals surface area contributed by atoms with Gasteiger partial charge in [0.25, 0.3) is 0 Å². The fourth-order valence-corrected chi connectivity index (χ4v) is 8.24. The monoisotopic (exact) mass is 716 g/mol. The summed E-state index contributed by atoms with van der Waals surface area (Å²) in [5.74, 6) is -2.33. The van der Waals surface area contributed by atoms with E-state index in [0.29, 0.717) is 25.0 Å². The SMILES string of the molecule is Cc1nc2cc(O[C@@H]3C[C@H]4C(=O)C[C@]5(C(=O)NS(=O)(=O)N(C)C)C[C@H]5/C=C\CCCCC[C@H](CC(=O)OC(C)(C)C)C(=O)N4C3)ccc2s1. The molecule has 2 fully saturated rings. The molecule has 2 aromatic rings. The summed E-state index contributed by atoms with van der Waals surface area (Å²) >= 11 is 1.58. The number of hydrogen-bond donors (Lipinski definition) is 1. The summed E-state index contributed by atoms with van der Waals surface area (Å²) in [5.41, 5.74) is -1.18. The van der Waals surface area contributed by atoms with Crippen molar-refractivity contribution in [3.63, 3.8) is 0 Å². The van der Waals surface area contributed by atoms with E-state index in [1.807, 2.05) is 37.3 Å². The van der Waals surface area contributed by atoms with E-state index in [1.54, 1.807) is 32.1 Å². The number of ether oxygens (including phenoxy) is 2. The third-order valence-electron chi connectivity index (χ3n) is 9.44. The second kappa shape index (κ2) is 14.5. The van der Waals surface area contributed by atoms with Gasteiger partial charge in [0.2, 0.25) is 11.8 Å². The summed E-state index contributed by atoms with van der Waals surface area (Å²) in [6.45, 7) is 7.38. The fourth-order valence-electron chi connectivity index (χ4n) is 6.81. The first-order valence-electron chi connectivity index (χ1n) is 17.0. The Hall–Kier alpha value is -3.36. The van der Waals surface area contributed by atoms with Crippen molar-refractivity contribution in [2.45, 2.75) is 103 Å². The summed E-state index contributed by atoms with van der Waals surface area (Å²) in [6.07, 6.45) is 7.10. The van der Waals surface area contributed by atoms with Crippen molar-refractivity contribution in [1.82, 2.24) is 18.9 Å². The Morgan fingerprint density at radius 2 is 1.92 bits per heavy atom. The Labute approximate surface area is 292 Å². The third kappa shape index (κ3) is 8.87. The maximum absolute atomic E-state index is 14.4. The van der Waals surface area contributed by atoms with Crippen LogP contribution < -0.4 is 9.46 Å². The largest absolute Gasteiger partial charge is 0.488 e. The Morgan fingerprint density at radius 3 is 2.63 bits per heavy atom. The molecule has 1 N–H and O–H groups in total. The molecule has 0 radical (unpaired) electrons. The molecule has 49 heavy (non-hydrogen) atoms. The van der Waals surface area contributed by atoms with Gasteiger partial charge in [-0.2, -0.15) is 12.7 Å². The van der Waals surface area contributed by atoms with Crippen LogP contribution in [-0.4, -0.2) is 84.6 Å². The third-order valence-corrected chi connectivity index (χ3v) is 11.8. The number of hydrogen-bond acceptors (Lipinski definition) is 10. The molecule has 1 aromatic heterocycles. The second-order valence-corrected chi connectivity index (χ2v) is 17.8. The molecule has 0 bridgehead atoms. The maximum atomic E-state index is 14.4. The van der Waals surface area contributed by atoms with Gasteiger partial charge in [0.05, 0.1) is 39.6 Å². The lowest BCUT2D eigenvalue weighted by atomic mass is 9.90.